The van der Waals surface area contributed by atoms with Crippen molar-refractivity contribution in [3.8, 4) is 22.3 Å². The molecule has 0 fully saturated rings. The molecule has 0 saturated heterocycles. The number of rotatable bonds is 4. The average molecular weight is 615 g/mol. The molecule has 228 valence electrons. The summed E-state index contributed by atoms with van der Waals surface area (Å²) >= 11 is 0. The molecule has 48 heavy (non-hydrogen) atoms. The summed E-state index contributed by atoms with van der Waals surface area (Å²) in [5.74, 6) is 0. The number of fused-ring (bicyclic) bond motifs is 5. The number of para-hydroxylation sites is 2. The Labute approximate surface area is 281 Å². The summed E-state index contributed by atoms with van der Waals surface area (Å²) in [5, 5.41) is 2.58. The molecule has 9 rings (SSSR count). The molecule has 2 nitrogen and oxygen atoms in total. The molecule has 0 saturated carbocycles. The number of hydrogen-bond acceptors (Lipinski definition) is 1. The highest BCUT2D eigenvalue weighted by Gasteiger charge is 2.19. The van der Waals surface area contributed by atoms with Gasteiger partial charge in [0.05, 0.1) is 16.7 Å². The van der Waals surface area contributed by atoms with Gasteiger partial charge in [-0.2, -0.15) is 0 Å². The highest BCUT2D eigenvalue weighted by molar-refractivity contribution is 6.12. The predicted molar refractivity (Wildman–Crippen MR) is 205 cm³/mol. The predicted octanol–water partition coefficient (Wildman–Crippen LogP) is 12.3. The Morgan fingerprint density at radius 3 is 2.08 bits per heavy atom. The van der Waals surface area contributed by atoms with Crippen LogP contribution in [0, 0.1) is 0 Å². The molecule has 2 aliphatic rings. The first kappa shape index (κ1) is 28.1. The Morgan fingerprint density at radius 1 is 0.542 bits per heavy atom. The highest BCUT2D eigenvalue weighted by Crippen LogP contribution is 2.40. The molecule has 1 aliphatic carbocycles. The quantitative estimate of drug-likeness (QED) is 0.191. The first-order valence-corrected chi connectivity index (χ1v) is 16.7. The summed E-state index contributed by atoms with van der Waals surface area (Å²) in [4.78, 5) is 2.23. The lowest BCUT2D eigenvalue weighted by atomic mass is 9.95. The van der Waals surface area contributed by atoms with Gasteiger partial charge in [0.2, 0.25) is 0 Å². The van der Waals surface area contributed by atoms with Crippen LogP contribution in [0.2, 0.25) is 0 Å². The number of aromatic nitrogens is 1. The minimum atomic E-state index is 0.995. The summed E-state index contributed by atoms with van der Waals surface area (Å²) < 4.78 is 2.48. The maximum Gasteiger partial charge on any atom is 0.0538 e. The molecule has 2 heteroatoms. The third kappa shape index (κ3) is 4.82. The van der Waals surface area contributed by atoms with Gasteiger partial charge in [-0.15, -0.1) is 0 Å². The molecule has 0 spiro atoms. The van der Waals surface area contributed by atoms with Gasteiger partial charge < -0.3 is 9.47 Å². The number of benzene rings is 6. The van der Waals surface area contributed by atoms with Crippen LogP contribution in [0.4, 0.5) is 11.4 Å². The minimum absolute atomic E-state index is 0.995. The van der Waals surface area contributed by atoms with Crippen LogP contribution in [0.5, 0.6) is 0 Å². The van der Waals surface area contributed by atoms with E-state index in [1.165, 1.54) is 60.9 Å². The van der Waals surface area contributed by atoms with Gasteiger partial charge in [-0.05, 0) is 106 Å². The number of allylic oxidation sites excluding steroid dienone is 5. The second kappa shape index (κ2) is 11.6. The molecule has 2 heterocycles. The molecule has 0 unspecified atom stereocenters. The van der Waals surface area contributed by atoms with E-state index in [1.54, 1.807) is 0 Å². The van der Waals surface area contributed by atoms with E-state index in [0.29, 0.717) is 0 Å². The number of anilines is 2. The maximum absolute atomic E-state index is 4.41. The lowest BCUT2D eigenvalue weighted by molar-refractivity contribution is 0.947. The van der Waals surface area contributed by atoms with E-state index in [0.717, 1.165) is 35.4 Å². The second-order valence-corrected chi connectivity index (χ2v) is 12.7. The topological polar surface area (TPSA) is 8.17 Å². The fraction of sp³-hybridized carbons (Fsp3) is 0.0435. The zero-order valence-electron chi connectivity index (χ0n) is 26.7. The molecular weight excluding hydrogens is 581 g/mol. The number of aryl methyl sites for hydroxylation is 1. The molecular formula is C46H34N2. The third-order valence-electron chi connectivity index (χ3n) is 9.82. The van der Waals surface area contributed by atoms with E-state index < -0.39 is 0 Å². The monoisotopic (exact) mass is 614 g/mol. The van der Waals surface area contributed by atoms with Crippen LogP contribution in [0.25, 0.3) is 61.4 Å². The van der Waals surface area contributed by atoms with E-state index in [-0.39, 0.29) is 0 Å². The maximum atomic E-state index is 4.41. The van der Waals surface area contributed by atoms with Crippen molar-refractivity contribution in [1.82, 2.24) is 4.57 Å². The molecule has 7 aromatic rings. The third-order valence-corrected chi connectivity index (χ3v) is 9.82. The zero-order valence-corrected chi connectivity index (χ0v) is 26.7. The zero-order chi connectivity index (χ0) is 32.0. The summed E-state index contributed by atoms with van der Waals surface area (Å²) in [6, 6.07) is 50.7. The molecule has 0 atom stereocenters. The van der Waals surface area contributed by atoms with E-state index >= 15 is 0 Å². The van der Waals surface area contributed by atoms with Gasteiger partial charge in [0.1, 0.15) is 0 Å². The summed E-state index contributed by atoms with van der Waals surface area (Å²) in [7, 11) is 0. The Kier molecular flexibility index (Phi) is 6.80. The molecule has 6 aromatic carbocycles. The Bertz CT molecular complexity index is 2450. The van der Waals surface area contributed by atoms with Gasteiger partial charge in [-0.25, -0.2) is 0 Å². The van der Waals surface area contributed by atoms with Crippen molar-refractivity contribution in [3.63, 3.8) is 0 Å². The minimum Gasteiger partial charge on any atom is -0.317 e. The standard InChI is InChI=1S/C46H34N2/c1-32-11-9-10-28-47(39-14-3-2-4-15-39)44-26-23-37(30-42(32)44)34-18-20-35(21-19-34)38-24-27-46-43(31-38)41-16-7-8-17-45(41)48(46)40-25-22-33-12-5-6-13-36(33)29-40/h2-21,23-24,26-31H,1,22,25H2/b11-9-,28-10-. The Hall–Kier alpha value is -6.12. The Morgan fingerprint density at radius 2 is 1.23 bits per heavy atom. The highest BCUT2D eigenvalue weighted by atomic mass is 15.1. The smallest absolute Gasteiger partial charge is 0.0538 e. The van der Waals surface area contributed by atoms with Crippen LogP contribution < -0.4 is 4.90 Å². The van der Waals surface area contributed by atoms with Gasteiger partial charge in [-0.3, -0.25) is 0 Å². The van der Waals surface area contributed by atoms with Crippen molar-refractivity contribution >= 4 is 50.5 Å². The van der Waals surface area contributed by atoms with Crippen LogP contribution in [0.15, 0.2) is 171 Å². The lowest BCUT2D eigenvalue weighted by Gasteiger charge is -2.25. The molecule has 1 aromatic heterocycles. The van der Waals surface area contributed by atoms with Crippen LogP contribution in [0.1, 0.15) is 23.1 Å². The van der Waals surface area contributed by atoms with Crippen molar-refractivity contribution in [2.45, 2.75) is 12.8 Å². The van der Waals surface area contributed by atoms with Crippen LogP contribution >= 0.6 is 0 Å². The van der Waals surface area contributed by atoms with E-state index in [9.17, 15) is 0 Å². The number of hydrogen-bond donors (Lipinski definition) is 0. The summed E-state index contributed by atoms with van der Waals surface area (Å²) in [6.45, 7) is 4.41. The molecule has 0 amide bonds. The van der Waals surface area contributed by atoms with Gasteiger partial charge in [-0.1, -0.05) is 116 Å². The SMILES string of the molecule is C=C1/C=C\C=C/N(c2ccccc2)c2ccc(-c3ccc(-c4ccc5c(c4)c4ccccc4n5C4=Cc5ccccc5CC4)cc3)cc21. The van der Waals surface area contributed by atoms with Crippen molar-refractivity contribution in [3.05, 3.63) is 187 Å². The average Bonchev–Trinajstić information content (AvgIpc) is 3.48. The second-order valence-electron chi connectivity index (χ2n) is 12.7. The van der Waals surface area contributed by atoms with Crippen molar-refractivity contribution in [1.29, 1.82) is 0 Å². The summed E-state index contributed by atoms with van der Waals surface area (Å²) in [6.07, 6.45) is 12.8. The fourth-order valence-electron chi connectivity index (χ4n) is 7.38. The lowest BCUT2D eigenvalue weighted by Crippen LogP contribution is -2.11. The normalized spacial score (nSPS) is 15.4. The van der Waals surface area contributed by atoms with Gasteiger partial charge in [0.15, 0.2) is 0 Å². The first-order valence-electron chi connectivity index (χ1n) is 16.7. The van der Waals surface area contributed by atoms with Crippen molar-refractivity contribution < 1.29 is 0 Å². The molecule has 0 bridgehead atoms. The van der Waals surface area contributed by atoms with E-state index in [2.05, 4.69) is 186 Å². The van der Waals surface area contributed by atoms with Crippen LogP contribution in [0.3, 0.4) is 0 Å². The van der Waals surface area contributed by atoms with Crippen molar-refractivity contribution in [2.75, 3.05) is 4.90 Å². The van der Waals surface area contributed by atoms with Crippen LogP contribution in [-0.4, -0.2) is 4.57 Å². The summed E-state index contributed by atoms with van der Waals surface area (Å²) in [5.41, 5.74) is 15.8. The molecule has 0 N–H and O–H groups in total. The Balaban J connectivity index is 1.08. The number of nitrogens with zero attached hydrogens (tertiary/aromatic N) is 2. The van der Waals surface area contributed by atoms with E-state index in [4.69, 9.17) is 0 Å². The van der Waals surface area contributed by atoms with Crippen LogP contribution in [-0.2, 0) is 6.42 Å². The van der Waals surface area contributed by atoms with Crippen molar-refractivity contribution in [2.24, 2.45) is 0 Å². The van der Waals surface area contributed by atoms with E-state index in [1.807, 2.05) is 0 Å². The molecule has 1 aliphatic heterocycles. The molecule has 0 radical (unpaired) electrons. The first-order chi connectivity index (χ1) is 23.7. The largest absolute Gasteiger partial charge is 0.317 e. The fourth-order valence-corrected chi connectivity index (χ4v) is 7.38. The van der Waals surface area contributed by atoms with Gasteiger partial charge in [0, 0.05) is 33.9 Å². The van der Waals surface area contributed by atoms with Gasteiger partial charge in [0.25, 0.3) is 0 Å². The van der Waals surface area contributed by atoms with Gasteiger partial charge >= 0.3 is 0 Å².